The fourth-order valence-electron chi connectivity index (χ4n) is 2.14. The largest absolute Gasteiger partial charge is 0.489 e. The van der Waals surface area contributed by atoms with Crippen molar-refractivity contribution < 1.29 is 9.53 Å². The van der Waals surface area contributed by atoms with Gasteiger partial charge >= 0.3 is 0 Å². The summed E-state index contributed by atoms with van der Waals surface area (Å²) in [4.78, 5) is 13.7. The molecule has 4 nitrogen and oxygen atoms in total. The van der Waals surface area contributed by atoms with Gasteiger partial charge < -0.3 is 15.4 Å². The van der Waals surface area contributed by atoms with Crippen molar-refractivity contribution in [2.45, 2.75) is 13.3 Å². The van der Waals surface area contributed by atoms with Crippen molar-refractivity contribution in [3.05, 3.63) is 36.4 Å². The second kappa shape index (κ2) is 5.89. The van der Waals surface area contributed by atoms with Gasteiger partial charge in [-0.25, -0.2) is 0 Å². The molecule has 1 saturated heterocycles. The zero-order valence-electron chi connectivity index (χ0n) is 11.3. The number of benzene rings is 1. The van der Waals surface area contributed by atoms with Crippen molar-refractivity contribution in [2.24, 2.45) is 11.7 Å². The van der Waals surface area contributed by atoms with Crippen LogP contribution in [0.15, 0.2) is 36.4 Å². The van der Waals surface area contributed by atoms with Crippen molar-refractivity contribution in [1.82, 2.24) is 0 Å². The lowest BCUT2D eigenvalue weighted by atomic mass is 10.1. The number of carbonyl (C=O) groups excluding carboxylic acids is 1. The van der Waals surface area contributed by atoms with E-state index >= 15 is 0 Å². The number of nitrogens with two attached hydrogens (primary N) is 1. The van der Waals surface area contributed by atoms with Crippen LogP contribution in [0.5, 0.6) is 5.75 Å². The molecule has 102 valence electrons. The molecule has 0 radical (unpaired) electrons. The highest BCUT2D eigenvalue weighted by Crippen LogP contribution is 2.27. The summed E-state index contributed by atoms with van der Waals surface area (Å²) in [6, 6.07) is 7.59. The Balaban J connectivity index is 2.10. The predicted octanol–water partition coefficient (Wildman–Crippen LogP) is 1.95. The molecule has 2 rings (SSSR count). The van der Waals surface area contributed by atoms with Crippen LogP contribution < -0.4 is 15.4 Å². The number of carbonyl (C=O) groups is 1. The normalized spacial score (nSPS) is 18.7. The van der Waals surface area contributed by atoms with Crippen LogP contribution in [0.1, 0.15) is 13.3 Å². The molecule has 19 heavy (non-hydrogen) atoms. The van der Waals surface area contributed by atoms with Gasteiger partial charge in [-0.3, -0.25) is 4.79 Å². The van der Waals surface area contributed by atoms with E-state index in [1.165, 1.54) is 0 Å². The average molecular weight is 260 g/mol. The first-order valence-corrected chi connectivity index (χ1v) is 6.48. The Kier molecular flexibility index (Phi) is 4.22. The minimum Gasteiger partial charge on any atom is -0.489 e. The van der Waals surface area contributed by atoms with E-state index in [2.05, 4.69) is 6.58 Å². The molecule has 1 heterocycles. The molecule has 1 unspecified atom stereocenters. The van der Waals surface area contributed by atoms with Gasteiger partial charge in [0.25, 0.3) is 0 Å². The number of ether oxygens (including phenoxy) is 1. The monoisotopic (exact) mass is 260 g/mol. The van der Waals surface area contributed by atoms with Crippen molar-refractivity contribution in [2.75, 3.05) is 24.6 Å². The second-order valence-electron chi connectivity index (χ2n) is 5.05. The van der Waals surface area contributed by atoms with E-state index in [9.17, 15) is 4.79 Å². The number of anilines is 1. The highest BCUT2D eigenvalue weighted by Gasteiger charge is 2.29. The van der Waals surface area contributed by atoms with Crippen molar-refractivity contribution in [1.29, 1.82) is 0 Å². The molecule has 1 aromatic carbocycles. The number of hydrogen-bond acceptors (Lipinski definition) is 3. The first-order valence-electron chi connectivity index (χ1n) is 6.48. The van der Waals surface area contributed by atoms with Crippen LogP contribution in [0.25, 0.3) is 0 Å². The number of nitrogens with zero attached hydrogens (tertiary/aromatic N) is 1. The van der Waals surface area contributed by atoms with Crippen LogP contribution in [0.3, 0.4) is 0 Å². The lowest BCUT2D eigenvalue weighted by molar-refractivity contribution is -0.117. The highest BCUT2D eigenvalue weighted by molar-refractivity contribution is 5.95. The molecule has 1 aliphatic heterocycles. The van der Waals surface area contributed by atoms with Gasteiger partial charge in [0.05, 0.1) is 0 Å². The summed E-state index contributed by atoms with van der Waals surface area (Å²) in [5.74, 6) is 1.14. The molecule has 1 amide bonds. The quantitative estimate of drug-likeness (QED) is 0.823. The predicted molar refractivity (Wildman–Crippen MR) is 76.3 cm³/mol. The molecular weight excluding hydrogens is 240 g/mol. The molecule has 0 spiro atoms. The SMILES string of the molecule is C=C(C)COc1cccc(N2CC(CN)CC2=O)c1. The molecule has 0 aliphatic carbocycles. The molecule has 0 bridgehead atoms. The Bertz CT molecular complexity index is 485. The summed E-state index contributed by atoms with van der Waals surface area (Å²) in [6.07, 6.45) is 0.535. The third-order valence-electron chi connectivity index (χ3n) is 3.15. The van der Waals surface area contributed by atoms with E-state index in [1.807, 2.05) is 31.2 Å². The maximum atomic E-state index is 11.9. The topological polar surface area (TPSA) is 55.6 Å². The number of hydrogen-bond donors (Lipinski definition) is 1. The Morgan fingerprint density at radius 2 is 2.37 bits per heavy atom. The molecule has 0 aromatic heterocycles. The summed E-state index contributed by atoms with van der Waals surface area (Å²) >= 11 is 0. The van der Waals surface area contributed by atoms with Gasteiger partial charge in [-0.05, 0) is 37.1 Å². The van der Waals surface area contributed by atoms with Gasteiger partial charge in [-0.2, -0.15) is 0 Å². The van der Waals surface area contributed by atoms with Gasteiger partial charge in [-0.15, -0.1) is 0 Å². The minimum atomic E-state index is 0.132. The van der Waals surface area contributed by atoms with Crippen LogP contribution >= 0.6 is 0 Å². The minimum absolute atomic E-state index is 0.132. The molecule has 0 saturated carbocycles. The zero-order valence-corrected chi connectivity index (χ0v) is 11.3. The van der Waals surface area contributed by atoms with E-state index in [0.717, 1.165) is 17.0 Å². The van der Waals surface area contributed by atoms with Crippen LogP contribution in [-0.2, 0) is 4.79 Å². The lowest BCUT2D eigenvalue weighted by Gasteiger charge is -2.17. The Hall–Kier alpha value is -1.81. The molecule has 1 fully saturated rings. The smallest absolute Gasteiger partial charge is 0.227 e. The Morgan fingerprint density at radius 3 is 3.00 bits per heavy atom. The third-order valence-corrected chi connectivity index (χ3v) is 3.15. The Morgan fingerprint density at radius 1 is 1.58 bits per heavy atom. The lowest BCUT2D eigenvalue weighted by Crippen LogP contribution is -2.25. The summed E-state index contributed by atoms with van der Waals surface area (Å²) < 4.78 is 5.59. The third kappa shape index (κ3) is 3.35. The molecular formula is C15H20N2O2. The van der Waals surface area contributed by atoms with Gasteiger partial charge in [0.15, 0.2) is 0 Å². The van der Waals surface area contributed by atoms with E-state index in [1.54, 1.807) is 4.90 Å². The first-order chi connectivity index (χ1) is 9.10. The summed E-state index contributed by atoms with van der Waals surface area (Å²) in [6.45, 7) is 7.45. The van der Waals surface area contributed by atoms with Crippen molar-refractivity contribution in [3.8, 4) is 5.75 Å². The molecule has 2 N–H and O–H groups in total. The fraction of sp³-hybridized carbons (Fsp3) is 0.400. The van der Waals surface area contributed by atoms with Gasteiger partial charge in [0, 0.05) is 24.7 Å². The summed E-state index contributed by atoms with van der Waals surface area (Å²) in [5.41, 5.74) is 7.47. The van der Waals surface area contributed by atoms with Crippen LogP contribution in [0, 0.1) is 5.92 Å². The highest BCUT2D eigenvalue weighted by atomic mass is 16.5. The van der Waals surface area contributed by atoms with E-state index in [-0.39, 0.29) is 11.8 Å². The number of rotatable bonds is 5. The van der Waals surface area contributed by atoms with Crippen molar-refractivity contribution in [3.63, 3.8) is 0 Å². The van der Waals surface area contributed by atoms with Crippen LogP contribution in [0.4, 0.5) is 5.69 Å². The van der Waals surface area contributed by atoms with Gasteiger partial charge in [0.1, 0.15) is 12.4 Å². The zero-order chi connectivity index (χ0) is 13.8. The maximum Gasteiger partial charge on any atom is 0.227 e. The summed E-state index contributed by atoms with van der Waals surface area (Å²) in [5, 5.41) is 0. The maximum absolute atomic E-state index is 11.9. The standard InChI is InChI=1S/C15H20N2O2/c1-11(2)10-19-14-5-3-4-13(7-14)17-9-12(8-16)6-15(17)18/h3-5,7,12H,1,6,8-10,16H2,2H3. The van der Waals surface area contributed by atoms with E-state index in [0.29, 0.717) is 26.1 Å². The molecule has 4 heteroatoms. The number of amides is 1. The fourth-order valence-corrected chi connectivity index (χ4v) is 2.14. The van der Waals surface area contributed by atoms with Crippen molar-refractivity contribution >= 4 is 11.6 Å². The van der Waals surface area contributed by atoms with E-state index < -0.39 is 0 Å². The molecule has 1 atom stereocenters. The summed E-state index contributed by atoms with van der Waals surface area (Å²) in [7, 11) is 0. The molecule has 1 aromatic rings. The first kappa shape index (κ1) is 13.6. The van der Waals surface area contributed by atoms with Gasteiger partial charge in [0.2, 0.25) is 5.91 Å². The van der Waals surface area contributed by atoms with E-state index in [4.69, 9.17) is 10.5 Å². The van der Waals surface area contributed by atoms with Gasteiger partial charge in [-0.1, -0.05) is 12.6 Å². The second-order valence-corrected chi connectivity index (χ2v) is 5.05. The van der Waals surface area contributed by atoms with Crippen LogP contribution in [0.2, 0.25) is 0 Å². The Labute approximate surface area is 113 Å². The van der Waals surface area contributed by atoms with Crippen LogP contribution in [-0.4, -0.2) is 25.6 Å². The molecule has 1 aliphatic rings. The average Bonchev–Trinajstić information content (AvgIpc) is 2.78.